The molecule has 1 aromatic rings. The SMILES string of the molecule is Cc1ccc(OC(=O)N2CCN3C(=O)[C@H](C(C)C)NC(=O)[C@H]3C2)cc1. The van der Waals surface area contributed by atoms with Gasteiger partial charge in [0.1, 0.15) is 17.8 Å². The Balaban J connectivity index is 1.66. The Hall–Kier alpha value is -2.57. The number of rotatable bonds is 2. The van der Waals surface area contributed by atoms with E-state index in [1.165, 1.54) is 4.90 Å². The van der Waals surface area contributed by atoms with Gasteiger partial charge in [0.2, 0.25) is 11.8 Å². The summed E-state index contributed by atoms with van der Waals surface area (Å²) in [5.41, 5.74) is 1.07. The first-order chi connectivity index (χ1) is 11.9. The van der Waals surface area contributed by atoms with Crippen LogP contribution in [0.2, 0.25) is 0 Å². The third kappa shape index (κ3) is 3.45. The van der Waals surface area contributed by atoms with Crippen LogP contribution in [-0.4, -0.2) is 59.4 Å². The Kier molecular flexibility index (Phi) is 4.65. The van der Waals surface area contributed by atoms with E-state index < -0.39 is 18.2 Å². The van der Waals surface area contributed by atoms with Crippen molar-refractivity contribution in [3.05, 3.63) is 29.8 Å². The second-order valence-electron chi connectivity index (χ2n) is 6.90. The number of carbonyl (C=O) groups is 3. The zero-order valence-corrected chi connectivity index (χ0v) is 14.7. The van der Waals surface area contributed by atoms with Crippen molar-refractivity contribution in [1.82, 2.24) is 15.1 Å². The van der Waals surface area contributed by atoms with Crippen molar-refractivity contribution in [2.24, 2.45) is 5.92 Å². The van der Waals surface area contributed by atoms with Crippen LogP contribution in [0.5, 0.6) is 5.75 Å². The lowest BCUT2D eigenvalue weighted by atomic mass is 9.96. The van der Waals surface area contributed by atoms with Gasteiger partial charge in [0.25, 0.3) is 0 Å². The summed E-state index contributed by atoms with van der Waals surface area (Å²) in [6.07, 6.45) is -0.505. The highest BCUT2D eigenvalue weighted by Gasteiger charge is 2.45. The maximum Gasteiger partial charge on any atom is 0.415 e. The van der Waals surface area contributed by atoms with Gasteiger partial charge in [0, 0.05) is 13.1 Å². The average Bonchev–Trinajstić information content (AvgIpc) is 2.59. The maximum absolute atomic E-state index is 12.5. The van der Waals surface area contributed by atoms with Gasteiger partial charge in [-0.2, -0.15) is 0 Å². The molecule has 3 rings (SSSR count). The van der Waals surface area contributed by atoms with Gasteiger partial charge in [-0.25, -0.2) is 4.79 Å². The van der Waals surface area contributed by atoms with E-state index in [9.17, 15) is 14.4 Å². The summed E-state index contributed by atoms with van der Waals surface area (Å²) in [4.78, 5) is 40.3. The molecule has 134 valence electrons. The lowest BCUT2D eigenvalue weighted by Crippen LogP contribution is -2.70. The Morgan fingerprint density at radius 3 is 2.52 bits per heavy atom. The normalized spacial score (nSPS) is 23.4. The van der Waals surface area contributed by atoms with Crippen molar-refractivity contribution < 1.29 is 19.1 Å². The molecule has 25 heavy (non-hydrogen) atoms. The van der Waals surface area contributed by atoms with E-state index in [1.807, 2.05) is 32.9 Å². The number of piperazine rings is 2. The summed E-state index contributed by atoms with van der Waals surface area (Å²) in [7, 11) is 0. The zero-order valence-electron chi connectivity index (χ0n) is 14.7. The standard InChI is InChI=1S/C18H23N3O4/c1-11(2)15-17(23)21-9-8-20(10-14(21)16(22)19-15)18(24)25-13-6-4-12(3)5-7-13/h4-7,11,14-15H,8-10H2,1-3H3,(H,19,22)/t14-,15+/m1/s1. The smallest absolute Gasteiger partial charge is 0.410 e. The molecule has 2 heterocycles. The molecule has 1 aromatic carbocycles. The molecule has 0 unspecified atom stereocenters. The third-order valence-electron chi connectivity index (χ3n) is 4.68. The zero-order chi connectivity index (χ0) is 18.1. The molecule has 0 saturated carbocycles. The Labute approximate surface area is 146 Å². The topological polar surface area (TPSA) is 79.0 Å². The molecule has 0 spiro atoms. The molecule has 7 nitrogen and oxygen atoms in total. The molecule has 3 amide bonds. The summed E-state index contributed by atoms with van der Waals surface area (Å²) in [5.74, 6) is 0.196. The lowest BCUT2D eigenvalue weighted by Gasteiger charge is -2.45. The van der Waals surface area contributed by atoms with E-state index in [0.29, 0.717) is 18.8 Å². The number of hydrogen-bond acceptors (Lipinski definition) is 4. The number of nitrogens with one attached hydrogen (secondary N) is 1. The van der Waals surface area contributed by atoms with Gasteiger partial charge in [-0.1, -0.05) is 31.5 Å². The Morgan fingerprint density at radius 2 is 1.88 bits per heavy atom. The predicted octanol–water partition coefficient (Wildman–Crippen LogP) is 1.16. The number of amides is 3. The quantitative estimate of drug-likeness (QED) is 0.872. The first kappa shape index (κ1) is 17.3. The molecule has 2 aliphatic heterocycles. The van der Waals surface area contributed by atoms with Crippen LogP contribution in [0, 0.1) is 12.8 Å². The van der Waals surface area contributed by atoms with Crippen LogP contribution in [-0.2, 0) is 9.59 Å². The monoisotopic (exact) mass is 345 g/mol. The number of aryl methyl sites for hydroxylation is 1. The summed E-state index contributed by atoms with van der Waals surface area (Å²) >= 11 is 0. The molecule has 7 heteroatoms. The molecule has 2 saturated heterocycles. The number of ether oxygens (including phenoxy) is 1. The van der Waals surface area contributed by atoms with Gasteiger partial charge in [-0.15, -0.1) is 0 Å². The molecule has 0 radical (unpaired) electrons. The number of benzene rings is 1. The number of nitrogens with zero attached hydrogens (tertiary/aromatic N) is 2. The van der Waals surface area contributed by atoms with Crippen LogP contribution >= 0.6 is 0 Å². The Bertz CT molecular complexity index is 686. The molecular formula is C18H23N3O4. The van der Waals surface area contributed by atoms with Crippen molar-refractivity contribution in [2.75, 3.05) is 19.6 Å². The van der Waals surface area contributed by atoms with Crippen LogP contribution in [0.15, 0.2) is 24.3 Å². The fraction of sp³-hybridized carbons (Fsp3) is 0.500. The van der Waals surface area contributed by atoms with Gasteiger partial charge in [-0.05, 0) is 25.0 Å². The summed E-state index contributed by atoms with van der Waals surface area (Å²) in [6, 6.07) is 6.04. The minimum atomic E-state index is -0.651. The van der Waals surface area contributed by atoms with Crippen LogP contribution in [0.25, 0.3) is 0 Å². The average molecular weight is 345 g/mol. The number of fused-ring (bicyclic) bond motifs is 1. The molecule has 2 atom stereocenters. The van der Waals surface area contributed by atoms with Gasteiger partial charge < -0.3 is 19.9 Å². The second-order valence-corrected chi connectivity index (χ2v) is 6.90. The number of hydrogen-bond donors (Lipinski definition) is 1. The van der Waals surface area contributed by atoms with Crippen molar-refractivity contribution >= 4 is 17.9 Å². The van der Waals surface area contributed by atoms with E-state index in [0.717, 1.165) is 5.56 Å². The van der Waals surface area contributed by atoms with Crippen LogP contribution in [0.1, 0.15) is 19.4 Å². The molecule has 0 bridgehead atoms. The summed E-state index contributed by atoms with van der Waals surface area (Å²) < 4.78 is 5.36. The molecule has 2 aliphatic rings. The van der Waals surface area contributed by atoms with Gasteiger partial charge >= 0.3 is 6.09 Å². The molecule has 0 aromatic heterocycles. The van der Waals surface area contributed by atoms with Crippen LogP contribution in [0.4, 0.5) is 4.79 Å². The minimum Gasteiger partial charge on any atom is -0.410 e. The van der Waals surface area contributed by atoms with E-state index in [1.54, 1.807) is 17.0 Å². The van der Waals surface area contributed by atoms with Crippen molar-refractivity contribution in [1.29, 1.82) is 0 Å². The van der Waals surface area contributed by atoms with Gasteiger partial charge in [-0.3, -0.25) is 9.59 Å². The molecular weight excluding hydrogens is 322 g/mol. The molecule has 2 fully saturated rings. The van der Waals surface area contributed by atoms with Gasteiger partial charge in [0.15, 0.2) is 0 Å². The lowest BCUT2D eigenvalue weighted by molar-refractivity contribution is -0.153. The van der Waals surface area contributed by atoms with E-state index in [-0.39, 0.29) is 24.3 Å². The van der Waals surface area contributed by atoms with Crippen molar-refractivity contribution in [3.63, 3.8) is 0 Å². The fourth-order valence-electron chi connectivity index (χ4n) is 3.15. The van der Waals surface area contributed by atoms with Crippen LogP contribution < -0.4 is 10.1 Å². The number of carbonyl (C=O) groups excluding carboxylic acids is 3. The highest BCUT2D eigenvalue weighted by Crippen LogP contribution is 2.21. The van der Waals surface area contributed by atoms with E-state index >= 15 is 0 Å². The Morgan fingerprint density at radius 1 is 1.20 bits per heavy atom. The first-order valence-corrected chi connectivity index (χ1v) is 8.51. The van der Waals surface area contributed by atoms with Crippen LogP contribution in [0.3, 0.4) is 0 Å². The first-order valence-electron chi connectivity index (χ1n) is 8.51. The van der Waals surface area contributed by atoms with E-state index in [4.69, 9.17) is 4.74 Å². The highest BCUT2D eigenvalue weighted by atomic mass is 16.6. The predicted molar refractivity (Wildman–Crippen MR) is 91.0 cm³/mol. The fourth-order valence-corrected chi connectivity index (χ4v) is 3.15. The highest BCUT2D eigenvalue weighted by molar-refractivity contribution is 5.97. The minimum absolute atomic E-state index is 0.0296. The summed E-state index contributed by atoms with van der Waals surface area (Å²) in [6.45, 7) is 6.59. The third-order valence-corrected chi connectivity index (χ3v) is 4.68. The van der Waals surface area contributed by atoms with Gasteiger partial charge in [0.05, 0.1) is 6.54 Å². The van der Waals surface area contributed by atoms with Crippen molar-refractivity contribution in [3.8, 4) is 5.75 Å². The van der Waals surface area contributed by atoms with Crippen molar-refractivity contribution in [2.45, 2.75) is 32.9 Å². The second kappa shape index (κ2) is 6.74. The van der Waals surface area contributed by atoms with E-state index in [2.05, 4.69) is 5.32 Å². The molecule has 0 aliphatic carbocycles. The summed E-state index contributed by atoms with van der Waals surface area (Å²) in [5, 5.41) is 2.77. The maximum atomic E-state index is 12.5. The largest absolute Gasteiger partial charge is 0.415 e. The molecule has 1 N–H and O–H groups in total.